The highest BCUT2D eigenvalue weighted by Crippen LogP contribution is 2.24. The van der Waals surface area contributed by atoms with Gasteiger partial charge in [0, 0.05) is 10.7 Å². The van der Waals surface area contributed by atoms with Crippen LogP contribution in [0.5, 0.6) is 0 Å². The van der Waals surface area contributed by atoms with Crippen molar-refractivity contribution in [1.82, 2.24) is 10.3 Å². The Morgan fingerprint density at radius 3 is 2.63 bits per heavy atom. The molecule has 1 unspecified atom stereocenters. The molecule has 1 atom stereocenters. The Balaban J connectivity index is 1.92. The minimum absolute atomic E-state index is 0.305. The number of benzene rings is 1. The summed E-state index contributed by atoms with van der Waals surface area (Å²) in [6, 6.07) is 14.9. The van der Waals surface area contributed by atoms with E-state index in [-0.39, 0.29) is 0 Å². The Hall–Kier alpha value is -1.19. The number of nitrogens with one attached hydrogen (secondary N) is 1. The van der Waals surface area contributed by atoms with Crippen molar-refractivity contribution < 1.29 is 0 Å². The van der Waals surface area contributed by atoms with Crippen molar-refractivity contribution in [3.05, 3.63) is 64.4 Å². The summed E-state index contributed by atoms with van der Waals surface area (Å²) in [5, 5.41) is 3.35. The predicted octanol–water partition coefficient (Wildman–Crippen LogP) is 4.13. The Bertz CT molecular complexity index is 499. The lowest BCUT2D eigenvalue weighted by Crippen LogP contribution is -2.18. The predicted molar refractivity (Wildman–Crippen MR) is 83.1 cm³/mol. The molecule has 0 bridgehead atoms. The van der Waals surface area contributed by atoms with Crippen LogP contribution in [0.4, 0.5) is 0 Å². The molecule has 0 aliphatic rings. The number of nitrogens with zero attached hydrogens (tertiary/aromatic N) is 1. The first-order chi connectivity index (χ1) is 9.31. The molecule has 100 valence electrons. The summed E-state index contributed by atoms with van der Waals surface area (Å²) in [5.74, 6) is 0. The van der Waals surface area contributed by atoms with Gasteiger partial charge in [-0.3, -0.25) is 4.98 Å². The van der Waals surface area contributed by atoms with Gasteiger partial charge in [0.25, 0.3) is 0 Å². The van der Waals surface area contributed by atoms with E-state index in [1.165, 1.54) is 5.56 Å². The number of hydrogen-bond donors (Lipinski definition) is 1. The maximum Gasteiger partial charge on any atom is 0.0714 e. The second-order valence-corrected chi connectivity index (χ2v) is 5.44. The van der Waals surface area contributed by atoms with Gasteiger partial charge >= 0.3 is 0 Å². The number of hydrogen-bond acceptors (Lipinski definition) is 2. The summed E-state index contributed by atoms with van der Waals surface area (Å²) in [7, 11) is 1.99. The third kappa shape index (κ3) is 4.15. The van der Waals surface area contributed by atoms with Crippen LogP contribution < -0.4 is 5.32 Å². The smallest absolute Gasteiger partial charge is 0.0714 e. The van der Waals surface area contributed by atoms with Gasteiger partial charge < -0.3 is 5.32 Å². The fourth-order valence-corrected chi connectivity index (χ4v) is 2.76. The van der Waals surface area contributed by atoms with Gasteiger partial charge in [0.15, 0.2) is 0 Å². The average molecular weight is 319 g/mol. The lowest BCUT2D eigenvalue weighted by molar-refractivity contribution is 0.513. The zero-order chi connectivity index (χ0) is 13.5. The van der Waals surface area contributed by atoms with Crippen molar-refractivity contribution in [1.29, 1.82) is 0 Å². The van der Waals surface area contributed by atoms with E-state index in [0.717, 1.165) is 29.4 Å². The monoisotopic (exact) mass is 318 g/mol. The van der Waals surface area contributed by atoms with Gasteiger partial charge in [-0.1, -0.05) is 30.3 Å². The van der Waals surface area contributed by atoms with E-state index in [1.54, 1.807) is 0 Å². The summed E-state index contributed by atoms with van der Waals surface area (Å²) in [6.07, 6.45) is 5.20. The molecule has 0 fully saturated rings. The topological polar surface area (TPSA) is 24.9 Å². The maximum absolute atomic E-state index is 4.47. The quantitative estimate of drug-likeness (QED) is 0.866. The summed E-state index contributed by atoms with van der Waals surface area (Å²) in [6.45, 7) is 0. The molecule has 0 aliphatic heterocycles. The van der Waals surface area contributed by atoms with Gasteiger partial charge in [0.1, 0.15) is 0 Å². The molecule has 0 amide bonds. The maximum atomic E-state index is 4.47. The van der Waals surface area contributed by atoms with Crippen molar-refractivity contribution in [2.75, 3.05) is 7.05 Å². The van der Waals surface area contributed by atoms with Gasteiger partial charge in [-0.25, -0.2) is 0 Å². The molecular formula is C16H19BrN2. The number of halogens is 1. The molecule has 0 saturated carbocycles. The van der Waals surface area contributed by atoms with Gasteiger partial charge in [0.05, 0.1) is 11.7 Å². The number of aryl methyl sites for hydroxylation is 1. The molecule has 0 aliphatic carbocycles. The second-order valence-electron chi connectivity index (χ2n) is 4.59. The highest BCUT2D eigenvalue weighted by molar-refractivity contribution is 9.10. The van der Waals surface area contributed by atoms with Crippen LogP contribution in [0.2, 0.25) is 0 Å². The van der Waals surface area contributed by atoms with Crippen LogP contribution in [0.25, 0.3) is 0 Å². The molecule has 2 nitrogen and oxygen atoms in total. The van der Waals surface area contributed by atoms with E-state index in [4.69, 9.17) is 0 Å². The van der Waals surface area contributed by atoms with Gasteiger partial charge in [-0.15, -0.1) is 0 Å². The minimum Gasteiger partial charge on any atom is -0.312 e. The van der Waals surface area contributed by atoms with E-state index < -0.39 is 0 Å². The van der Waals surface area contributed by atoms with E-state index in [0.29, 0.717) is 6.04 Å². The molecular weight excluding hydrogens is 300 g/mol. The molecule has 1 heterocycles. The van der Waals surface area contributed by atoms with E-state index >= 15 is 0 Å². The molecule has 2 aromatic rings. The van der Waals surface area contributed by atoms with Crippen molar-refractivity contribution in [3.8, 4) is 0 Å². The van der Waals surface area contributed by atoms with E-state index in [1.807, 2.05) is 25.4 Å². The van der Waals surface area contributed by atoms with Gasteiger partial charge in [0.2, 0.25) is 0 Å². The fourth-order valence-electron chi connectivity index (χ4n) is 2.23. The first kappa shape index (κ1) is 14.2. The Morgan fingerprint density at radius 2 is 1.95 bits per heavy atom. The molecule has 0 spiro atoms. The third-order valence-corrected chi connectivity index (χ3v) is 3.94. The summed E-state index contributed by atoms with van der Waals surface area (Å²) >= 11 is 3.57. The van der Waals surface area contributed by atoms with Crippen molar-refractivity contribution >= 4 is 15.9 Å². The molecule has 3 heteroatoms. The van der Waals surface area contributed by atoms with Gasteiger partial charge in [-0.2, -0.15) is 0 Å². The molecule has 1 aromatic carbocycles. The van der Waals surface area contributed by atoms with Crippen LogP contribution in [0.1, 0.15) is 30.1 Å². The molecule has 19 heavy (non-hydrogen) atoms. The lowest BCUT2D eigenvalue weighted by atomic mass is 10.0. The second kappa shape index (κ2) is 7.41. The Morgan fingerprint density at radius 1 is 1.16 bits per heavy atom. The van der Waals surface area contributed by atoms with E-state index in [2.05, 4.69) is 56.6 Å². The molecule has 1 aromatic heterocycles. The Kier molecular flexibility index (Phi) is 5.55. The summed E-state index contributed by atoms with van der Waals surface area (Å²) in [4.78, 5) is 4.47. The van der Waals surface area contributed by atoms with Crippen LogP contribution in [0.3, 0.4) is 0 Å². The zero-order valence-electron chi connectivity index (χ0n) is 11.1. The number of aromatic nitrogens is 1. The van der Waals surface area contributed by atoms with Crippen molar-refractivity contribution in [2.24, 2.45) is 0 Å². The molecule has 1 N–H and O–H groups in total. The van der Waals surface area contributed by atoms with Crippen LogP contribution in [-0.4, -0.2) is 12.0 Å². The number of rotatable bonds is 6. The minimum atomic E-state index is 0.305. The molecule has 0 saturated heterocycles. The molecule has 0 radical (unpaired) electrons. The highest BCUT2D eigenvalue weighted by Gasteiger charge is 2.13. The SMILES string of the molecule is CNC(CCCc1ccccc1)c1ncccc1Br. The fraction of sp³-hybridized carbons (Fsp3) is 0.312. The standard InChI is InChI=1S/C16H19BrN2/c1-18-15(16-14(17)10-6-12-19-16)11-5-9-13-7-3-2-4-8-13/h2-4,6-8,10,12,15,18H,5,9,11H2,1H3. The first-order valence-electron chi connectivity index (χ1n) is 6.63. The average Bonchev–Trinajstić information content (AvgIpc) is 2.46. The lowest BCUT2D eigenvalue weighted by Gasteiger charge is -2.16. The van der Waals surface area contributed by atoms with Crippen LogP contribution in [0, 0.1) is 0 Å². The van der Waals surface area contributed by atoms with E-state index in [9.17, 15) is 0 Å². The first-order valence-corrected chi connectivity index (χ1v) is 7.42. The summed E-state index contributed by atoms with van der Waals surface area (Å²) < 4.78 is 1.08. The largest absolute Gasteiger partial charge is 0.312 e. The third-order valence-electron chi connectivity index (χ3n) is 3.27. The summed E-state index contributed by atoms with van der Waals surface area (Å²) in [5.41, 5.74) is 2.50. The zero-order valence-corrected chi connectivity index (χ0v) is 12.7. The number of pyridine rings is 1. The normalized spacial score (nSPS) is 12.3. The van der Waals surface area contributed by atoms with Crippen molar-refractivity contribution in [2.45, 2.75) is 25.3 Å². The van der Waals surface area contributed by atoms with Crippen LogP contribution in [0.15, 0.2) is 53.1 Å². The van der Waals surface area contributed by atoms with Crippen LogP contribution in [-0.2, 0) is 6.42 Å². The Labute approximate surface area is 123 Å². The van der Waals surface area contributed by atoms with Crippen molar-refractivity contribution in [3.63, 3.8) is 0 Å². The highest BCUT2D eigenvalue weighted by atomic mass is 79.9. The van der Waals surface area contributed by atoms with Gasteiger partial charge in [-0.05, 0) is 59.9 Å². The van der Waals surface area contributed by atoms with Crippen LogP contribution >= 0.6 is 15.9 Å². The molecule has 2 rings (SSSR count).